The molecule has 0 spiro atoms. The van der Waals surface area contributed by atoms with Crippen molar-refractivity contribution < 1.29 is 13.5 Å². The van der Waals surface area contributed by atoms with Gasteiger partial charge in [0.05, 0.1) is 18.0 Å². The number of likely N-dealkylation sites (tertiary alicyclic amines) is 1. The van der Waals surface area contributed by atoms with Crippen LogP contribution in [-0.4, -0.2) is 50.4 Å². The Bertz CT molecular complexity index is 653. The number of β-amino-alcohol motifs (C(OH)–C–C–N with tert-alkyl or cyclic N) is 1. The molecule has 3 rings (SSSR count). The number of benzene rings is 1. The molecule has 2 aliphatic heterocycles. The maximum atomic E-state index is 11.9. The zero-order chi connectivity index (χ0) is 15.9. The van der Waals surface area contributed by atoms with Gasteiger partial charge < -0.3 is 10.0 Å². The molecule has 22 heavy (non-hydrogen) atoms. The molecular formula is C16H24N2O3S. The van der Waals surface area contributed by atoms with Gasteiger partial charge in [0.25, 0.3) is 0 Å². The first-order valence-electron chi connectivity index (χ1n) is 7.89. The van der Waals surface area contributed by atoms with Gasteiger partial charge in [-0.1, -0.05) is 12.1 Å². The van der Waals surface area contributed by atoms with E-state index in [1.165, 1.54) is 23.4 Å². The lowest BCUT2D eigenvalue weighted by atomic mass is 10.0. The maximum Gasteiger partial charge on any atom is 0.232 e. The summed E-state index contributed by atoms with van der Waals surface area (Å²) >= 11 is 0. The lowest BCUT2D eigenvalue weighted by Gasteiger charge is -2.22. The quantitative estimate of drug-likeness (QED) is 0.912. The fourth-order valence-electron chi connectivity index (χ4n) is 3.65. The molecule has 0 bridgehead atoms. The molecule has 6 heteroatoms. The van der Waals surface area contributed by atoms with Crippen molar-refractivity contribution in [3.8, 4) is 0 Å². The Morgan fingerprint density at radius 1 is 1.32 bits per heavy atom. The van der Waals surface area contributed by atoms with Crippen LogP contribution in [0.15, 0.2) is 18.2 Å². The van der Waals surface area contributed by atoms with Crippen molar-refractivity contribution in [3.63, 3.8) is 0 Å². The molecule has 122 valence electrons. The van der Waals surface area contributed by atoms with Gasteiger partial charge in [0.2, 0.25) is 10.0 Å². The maximum absolute atomic E-state index is 11.9. The average molecular weight is 324 g/mol. The third-order valence-electron chi connectivity index (χ3n) is 4.63. The van der Waals surface area contributed by atoms with Crippen LogP contribution in [0.4, 0.5) is 5.69 Å². The topological polar surface area (TPSA) is 60.9 Å². The summed E-state index contributed by atoms with van der Waals surface area (Å²) in [6.07, 6.45) is 3.85. The summed E-state index contributed by atoms with van der Waals surface area (Å²) in [7, 11) is -3.25. The van der Waals surface area contributed by atoms with Gasteiger partial charge in [0.1, 0.15) is 0 Å². The van der Waals surface area contributed by atoms with E-state index in [4.69, 9.17) is 0 Å². The highest BCUT2D eigenvalue weighted by Gasteiger charge is 2.32. The molecule has 2 heterocycles. The molecule has 2 atom stereocenters. The molecule has 0 amide bonds. The van der Waals surface area contributed by atoms with Crippen molar-refractivity contribution >= 4 is 15.7 Å². The van der Waals surface area contributed by atoms with Crippen LogP contribution >= 0.6 is 0 Å². The van der Waals surface area contributed by atoms with Gasteiger partial charge in [0.15, 0.2) is 0 Å². The number of hydrogen-bond acceptors (Lipinski definition) is 4. The number of aliphatic hydroxyl groups excluding tert-OH is 1. The highest BCUT2D eigenvalue weighted by Crippen LogP contribution is 2.35. The van der Waals surface area contributed by atoms with Crippen LogP contribution in [-0.2, 0) is 16.4 Å². The largest absolute Gasteiger partial charge is 0.387 e. The highest BCUT2D eigenvalue weighted by atomic mass is 32.2. The predicted octanol–water partition coefficient (Wildman–Crippen LogP) is 1.53. The third kappa shape index (κ3) is 3.00. The zero-order valence-corrected chi connectivity index (χ0v) is 14.0. The van der Waals surface area contributed by atoms with Gasteiger partial charge in [-0.25, -0.2) is 8.42 Å². The van der Waals surface area contributed by atoms with Crippen molar-refractivity contribution in [3.05, 3.63) is 29.3 Å². The molecule has 1 fully saturated rings. The number of anilines is 1. The SMILES string of the molecule is C[C@@H]1Cc2cc([C@H](O)CN3CCCC3)ccc2N1S(C)(=O)=O. The van der Waals surface area contributed by atoms with Gasteiger partial charge in [0, 0.05) is 12.6 Å². The van der Waals surface area contributed by atoms with E-state index in [-0.39, 0.29) is 6.04 Å². The number of fused-ring (bicyclic) bond motifs is 1. The minimum atomic E-state index is -3.25. The van der Waals surface area contributed by atoms with Gasteiger partial charge in [-0.15, -0.1) is 0 Å². The fraction of sp³-hybridized carbons (Fsp3) is 0.625. The van der Waals surface area contributed by atoms with E-state index in [0.29, 0.717) is 13.0 Å². The van der Waals surface area contributed by atoms with Gasteiger partial charge >= 0.3 is 0 Å². The minimum Gasteiger partial charge on any atom is -0.387 e. The molecule has 1 aromatic carbocycles. The Morgan fingerprint density at radius 2 is 2.00 bits per heavy atom. The third-order valence-corrected chi connectivity index (χ3v) is 5.90. The first-order chi connectivity index (χ1) is 10.4. The van der Waals surface area contributed by atoms with E-state index < -0.39 is 16.1 Å². The van der Waals surface area contributed by atoms with Crippen LogP contribution in [0.25, 0.3) is 0 Å². The number of sulfonamides is 1. The number of aliphatic hydroxyl groups is 1. The van der Waals surface area contributed by atoms with E-state index in [2.05, 4.69) is 4.90 Å². The Hall–Kier alpha value is -1.11. The Labute approximate surface area is 132 Å². The molecule has 0 radical (unpaired) electrons. The van der Waals surface area contributed by atoms with Crippen LogP contribution in [0.5, 0.6) is 0 Å². The van der Waals surface area contributed by atoms with E-state index in [9.17, 15) is 13.5 Å². The summed E-state index contributed by atoms with van der Waals surface area (Å²) in [6, 6.07) is 5.60. The predicted molar refractivity (Wildman–Crippen MR) is 87.6 cm³/mol. The number of hydrogen-bond donors (Lipinski definition) is 1. The Balaban J connectivity index is 1.81. The first-order valence-corrected chi connectivity index (χ1v) is 9.74. The molecule has 2 aliphatic rings. The van der Waals surface area contributed by atoms with E-state index in [1.807, 2.05) is 25.1 Å². The van der Waals surface area contributed by atoms with Crippen molar-refractivity contribution in [2.45, 2.75) is 38.3 Å². The molecule has 0 saturated carbocycles. The average Bonchev–Trinajstić information content (AvgIpc) is 3.02. The van der Waals surface area contributed by atoms with E-state index >= 15 is 0 Å². The van der Waals surface area contributed by atoms with Gasteiger partial charge in [-0.3, -0.25) is 4.31 Å². The van der Waals surface area contributed by atoms with Crippen molar-refractivity contribution in [1.82, 2.24) is 4.90 Å². The molecule has 5 nitrogen and oxygen atoms in total. The van der Waals surface area contributed by atoms with Crippen LogP contribution in [0.3, 0.4) is 0 Å². The van der Waals surface area contributed by atoms with Gasteiger partial charge in [-0.2, -0.15) is 0 Å². The molecule has 1 aromatic rings. The highest BCUT2D eigenvalue weighted by molar-refractivity contribution is 7.92. The second-order valence-corrected chi connectivity index (χ2v) is 8.38. The number of nitrogens with zero attached hydrogens (tertiary/aromatic N) is 2. The van der Waals surface area contributed by atoms with Crippen LogP contribution in [0.1, 0.15) is 37.0 Å². The van der Waals surface area contributed by atoms with E-state index in [1.54, 1.807) is 0 Å². The zero-order valence-electron chi connectivity index (χ0n) is 13.2. The second kappa shape index (κ2) is 5.83. The Kier molecular flexibility index (Phi) is 4.18. The lowest BCUT2D eigenvalue weighted by Crippen LogP contribution is -2.34. The smallest absolute Gasteiger partial charge is 0.232 e. The molecule has 0 aliphatic carbocycles. The fourth-order valence-corrected chi connectivity index (χ4v) is 4.91. The molecule has 0 aromatic heterocycles. The summed E-state index contributed by atoms with van der Waals surface area (Å²) < 4.78 is 25.3. The number of rotatable bonds is 4. The second-order valence-electron chi connectivity index (χ2n) is 6.52. The summed E-state index contributed by atoms with van der Waals surface area (Å²) in [5, 5.41) is 10.4. The van der Waals surface area contributed by atoms with E-state index in [0.717, 1.165) is 29.9 Å². The summed E-state index contributed by atoms with van der Waals surface area (Å²) in [4.78, 5) is 2.28. The van der Waals surface area contributed by atoms with Gasteiger partial charge in [-0.05, 0) is 56.5 Å². The van der Waals surface area contributed by atoms with Crippen LogP contribution in [0, 0.1) is 0 Å². The summed E-state index contributed by atoms with van der Waals surface area (Å²) in [5.41, 5.74) is 2.65. The normalized spacial score (nSPS) is 23.8. The standard InChI is InChI=1S/C16H24N2O3S/c1-12-9-14-10-13(16(19)11-17-7-3-4-8-17)5-6-15(14)18(12)22(2,20)21/h5-6,10,12,16,19H,3-4,7-9,11H2,1-2H3/t12-,16-/m1/s1. The van der Waals surface area contributed by atoms with Crippen LogP contribution in [0.2, 0.25) is 0 Å². The van der Waals surface area contributed by atoms with Crippen molar-refractivity contribution in [1.29, 1.82) is 0 Å². The molecule has 1 N–H and O–H groups in total. The summed E-state index contributed by atoms with van der Waals surface area (Å²) in [6.45, 7) is 4.69. The summed E-state index contributed by atoms with van der Waals surface area (Å²) in [5.74, 6) is 0. The molecule has 1 saturated heterocycles. The van der Waals surface area contributed by atoms with Crippen LogP contribution < -0.4 is 4.31 Å². The first kappa shape index (κ1) is 15.8. The monoisotopic (exact) mass is 324 g/mol. The van der Waals surface area contributed by atoms with Crippen molar-refractivity contribution in [2.24, 2.45) is 0 Å². The molecular weight excluding hydrogens is 300 g/mol. The molecule has 0 unspecified atom stereocenters. The lowest BCUT2D eigenvalue weighted by molar-refractivity contribution is 0.126. The van der Waals surface area contributed by atoms with Crippen molar-refractivity contribution in [2.75, 3.05) is 30.2 Å². The minimum absolute atomic E-state index is 0.0593. The Morgan fingerprint density at radius 3 is 2.64 bits per heavy atom.